The molecule has 0 aromatic heterocycles. The molecule has 0 spiro atoms. The summed E-state index contributed by atoms with van der Waals surface area (Å²) in [6.07, 6.45) is 1.07. The first-order chi connectivity index (χ1) is 22.8. The summed E-state index contributed by atoms with van der Waals surface area (Å²) in [5, 5.41) is 39.2. The van der Waals surface area contributed by atoms with E-state index in [0.717, 1.165) is 15.4 Å². The van der Waals surface area contributed by atoms with Gasteiger partial charge in [0.25, 0.3) is 5.91 Å². The predicted octanol–water partition coefficient (Wildman–Crippen LogP) is -1.08. The Balaban J connectivity index is 1.91. The number of hydrogen-bond donors (Lipinski definition) is 7. The number of aryl methyl sites for hydroxylation is 1. The number of nitrogens with one attached hydrogen (secondary N) is 2. The molecule has 0 aliphatic rings. The second-order valence-electron chi connectivity index (χ2n) is 10.9. The minimum atomic E-state index is -1.24. The summed E-state index contributed by atoms with van der Waals surface area (Å²) in [5.41, 5.74) is 10.0. The zero-order valence-corrected chi connectivity index (χ0v) is 26.3. The number of carbonyl (C=O) groups excluding carboxylic acids is 2. The van der Waals surface area contributed by atoms with Crippen molar-refractivity contribution in [3.05, 3.63) is 65.7 Å². The molecule has 0 fully saturated rings. The van der Waals surface area contributed by atoms with Crippen molar-refractivity contribution in [3.8, 4) is 5.75 Å². The summed E-state index contributed by atoms with van der Waals surface area (Å²) >= 11 is 0. The van der Waals surface area contributed by atoms with E-state index < -0.39 is 67.9 Å². The third kappa shape index (κ3) is 17.0. The number of rotatable bonds is 24. The van der Waals surface area contributed by atoms with Gasteiger partial charge in [0.1, 0.15) is 0 Å². The van der Waals surface area contributed by atoms with Gasteiger partial charge < -0.3 is 36.3 Å². The topological polar surface area (TPSA) is 252 Å². The van der Waals surface area contributed by atoms with Crippen molar-refractivity contribution in [2.45, 2.75) is 25.4 Å². The zero-order valence-electron chi connectivity index (χ0n) is 26.3. The van der Waals surface area contributed by atoms with Crippen molar-refractivity contribution in [1.29, 1.82) is 0 Å². The van der Waals surface area contributed by atoms with Crippen LogP contribution >= 0.6 is 0 Å². The number of carboxylic acids is 4. The number of carboxylic acid groups (broad SMARTS) is 4. The van der Waals surface area contributed by atoms with E-state index in [1.807, 2.05) is 30.3 Å². The molecule has 0 aliphatic carbocycles. The van der Waals surface area contributed by atoms with Gasteiger partial charge in [-0.05, 0) is 36.1 Å². The first-order valence-electron chi connectivity index (χ1n) is 15.0. The van der Waals surface area contributed by atoms with E-state index in [1.54, 1.807) is 29.2 Å². The van der Waals surface area contributed by atoms with Crippen molar-refractivity contribution in [2.24, 2.45) is 5.73 Å². The first kappa shape index (κ1) is 39.1. The maximum absolute atomic E-state index is 12.8. The van der Waals surface area contributed by atoms with Gasteiger partial charge in [-0.1, -0.05) is 42.5 Å². The average molecular weight is 675 g/mol. The van der Waals surface area contributed by atoms with E-state index in [4.69, 9.17) is 31.0 Å². The number of nitrogens with two attached hydrogens (primary N) is 1. The minimum Gasteiger partial charge on any atom is -0.480 e. The Labute approximate surface area is 276 Å². The van der Waals surface area contributed by atoms with Crippen LogP contribution < -0.4 is 21.4 Å². The van der Waals surface area contributed by atoms with Crippen LogP contribution in [0.25, 0.3) is 0 Å². The lowest BCUT2D eigenvalue weighted by molar-refractivity contribution is -0.143. The maximum Gasteiger partial charge on any atom is 0.317 e. The number of aliphatic carboxylic acids is 4. The van der Waals surface area contributed by atoms with Crippen LogP contribution in [0.3, 0.4) is 0 Å². The third-order valence-electron chi connectivity index (χ3n) is 6.87. The van der Waals surface area contributed by atoms with Crippen molar-refractivity contribution in [2.75, 3.05) is 58.9 Å². The highest BCUT2D eigenvalue weighted by Crippen LogP contribution is 2.12. The van der Waals surface area contributed by atoms with Crippen LogP contribution in [0.15, 0.2) is 54.6 Å². The fourth-order valence-electron chi connectivity index (χ4n) is 4.45. The summed E-state index contributed by atoms with van der Waals surface area (Å²) < 4.78 is 0. The molecule has 0 radical (unpaired) electrons. The highest BCUT2D eigenvalue weighted by atomic mass is 16.7. The number of carbonyl (C=O) groups is 6. The molecule has 0 saturated heterocycles. The van der Waals surface area contributed by atoms with Crippen LogP contribution in [0.5, 0.6) is 5.75 Å². The molecule has 8 N–H and O–H groups in total. The normalized spacial score (nSPS) is 11.7. The summed E-state index contributed by atoms with van der Waals surface area (Å²) in [7, 11) is 0. The van der Waals surface area contributed by atoms with E-state index >= 15 is 0 Å². The van der Waals surface area contributed by atoms with Gasteiger partial charge in [-0.25, -0.2) is 0 Å². The van der Waals surface area contributed by atoms with Crippen LogP contribution in [0.2, 0.25) is 0 Å². The molecule has 48 heavy (non-hydrogen) atoms. The predicted molar refractivity (Wildman–Crippen MR) is 170 cm³/mol. The van der Waals surface area contributed by atoms with E-state index in [9.17, 15) is 28.8 Å². The highest BCUT2D eigenvalue weighted by Gasteiger charge is 2.20. The van der Waals surface area contributed by atoms with Crippen molar-refractivity contribution in [3.63, 3.8) is 0 Å². The molecule has 0 heterocycles. The monoisotopic (exact) mass is 674 g/mol. The Morgan fingerprint density at radius 2 is 1.12 bits per heavy atom. The van der Waals surface area contributed by atoms with Crippen LogP contribution in [-0.2, 0) is 41.7 Å². The van der Waals surface area contributed by atoms with E-state index in [-0.39, 0.29) is 39.3 Å². The van der Waals surface area contributed by atoms with Crippen LogP contribution in [-0.4, -0.2) is 136 Å². The average Bonchev–Trinajstić information content (AvgIpc) is 3.02. The molecule has 1 unspecified atom stereocenters. The molecule has 1 atom stereocenters. The van der Waals surface area contributed by atoms with Crippen molar-refractivity contribution in [1.82, 2.24) is 25.5 Å². The zero-order chi connectivity index (χ0) is 35.5. The van der Waals surface area contributed by atoms with E-state index in [2.05, 4.69) is 10.8 Å². The second-order valence-corrected chi connectivity index (χ2v) is 10.9. The smallest absolute Gasteiger partial charge is 0.317 e. The number of nitrogens with zero attached hydrogens (tertiary/aromatic N) is 3. The van der Waals surface area contributed by atoms with Gasteiger partial charge in [-0.2, -0.15) is 5.48 Å². The molecule has 0 aliphatic heterocycles. The largest absolute Gasteiger partial charge is 0.480 e. The quantitative estimate of drug-likeness (QED) is 0.0654. The molecule has 0 bridgehead atoms. The minimum absolute atomic E-state index is 0.0373. The number of amides is 2. The lowest BCUT2D eigenvalue weighted by atomic mass is 10.1. The number of hydroxylamine groups is 1. The van der Waals surface area contributed by atoms with Crippen molar-refractivity contribution >= 4 is 35.7 Å². The molecule has 2 rings (SSSR count). The molecule has 17 heteroatoms. The van der Waals surface area contributed by atoms with Crippen LogP contribution in [0.1, 0.15) is 17.5 Å². The fourth-order valence-corrected chi connectivity index (χ4v) is 4.45. The second kappa shape index (κ2) is 20.9. The molecule has 2 aromatic carbocycles. The Morgan fingerprint density at radius 3 is 1.60 bits per heavy atom. The SMILES string of the molecule is NC(CCc1ccccc1)C(=O)NOc1ccc(CNC(=O)CN(CCN(CC(=O)O)CC(=O)O)CCN(CC(=O)O)CC(=O)O)cc1. The molecular formula is C31H42N6O11. The van der Waals surface area contributed by atoms with Gasteiger partial charge in [0.15, 0.2) is 5.75 Å². The van der Waals surface area contributed by atoms with E-state index in [0.29, 0.717) is 24.2 Å². The van der Waals surface area contributed by atoms with Crippen molar-refractivity contribution < 1.29 is 54.0 Å². The van der Waals surface area contributed by atoms with Gasteiger partial charge in [-0.15, -0.1) is 0 Å². The van der Waals surface area contributed by atoms with Gasteiger partial charge in [-0.3, -0.25) is 43.5 Å². The van der Waals surface area contributed by atoms with Crippen LogP contribution in [0.4, 0.5) is 0 Å². The molecule has 262 valence electrons. The first-order valence-corrected chi connectivity index (χ1v) is 15.0. The lowest BCUT2D eigenvalue weighted by Crippen LogP contribution is -2.47. The van der Waals surface area contributed by atoms with Crippen LogP contribution in [0, 0.1) is 0 Å². The Morgan fingerprint density at radius 1 is 0.646 bits per heavy atom. The molecule has 2 amide bonds. The molecule has 2 aromatic rings. The number of hydrogen-bond acceptors (Lipinski definition) is 11. The molecule has 17 nitrogen and oxygen atoms in total. The highest BCUT2D eigenvalue weighted by molar-refractivity contribution is 5.80. The summed E-state index contributed by atoms with van der Waals surface area (Å²) in [6.45, 7) is -2.34. The Bertz CT molecular complexity index is 1290. The van der Waals surface area contributed by atoms with Gasteiger partial charge in [0, 0.05) is 32.7 Å². The summed E-state index contributed by atoms with van der Waals surface area (Å²) in [6, 6.07) is 15.4. The Hall–Kier alpha value is -5.10. The number of benzene rings is 2. The fraction of sp³-hybridized carbons (Fsp3) is 0.419. The third-order valence-corrected chi connectivity index (χ3v) is 6.87. The Kier molecular flexibility index (Phi) is 17.0. The van der Waals surface area contributed by atoms with E-state index in [1.165, 1.54) is 0 Å². The summed E-state index contributed by atoms with van der Waals surface area (Å²) in [4.78, 5) is 79.0. The van der Waals surface area contributed by atoms with Gasteiger partial charge in [0.2, 0.25) is 5.91 Å². The lowest BCUT2D eigenvalue weighted by Gasteiger charge is -2.28. The van der Waals surface area contributed by atoms with Gasteiger partial charge in [0.05, 0.1) is 38.8 Å². The van der Waals surface area contributed by atoms with Gasteiger partial charge >= 0.3 is 23.9 Å². The maximum atomic E-state index is 12.8. The molecule has 0 saturated carbocycles. The molecular weight excluding hydrogens is 632 g/mol. The summed E-state index contributed by atoms with van der Waals surface area (Å²) in [5.74, 6) is -5.55. The standard InChI is InChI=1S/C31H42N6O11/c32-25(11-8-22-4-2-1-3-5-22)31(47)34-48-24-9-6-23(7-10-24)16-33-26(38)17-35(12-14-36(18-27(39)40)19-28(41)42)13-15-37(20-29(43)44)21-30(45)46/h1-7,9-10,25H,8,11-21,32H2,(H,33,38)(H,34,47)(H,39,40)(H,41,42)(H,43,44)(H,45,46).